The average molecular weight is 462 g/mol. The van der Waals surface area contributed by atoms with Gasteiger partial charge in [0.15, 0.2) is 0 Å². The summed E-state index contributed by atoms with van der Waals surface area (Å²) >= 11 is 3.17. The van der Waals surface area contributed by atoms with Crippen LogP contribution in [0.25, 0.3) is 10.2 Å². The molecule has 0 bridgehead atoms. The standard InChI is InChI=1S/C23H27NO5S2/c1-16(2)12-29-23(26)19-5-3-4-6-21(19)28-13-17(25)14-30-10-9-27-18-7-8-20-22(11-18)31-15-24-20/h3-8,11,15-17,25H,9-10,12-14H2,1-2H3. The first-order valence-electron chi connectivity index (χ1n) is 10.1. The van der Waals surface area contributed by atoms with E-state index in [2.05, 4.69) is 4.98 Å². The molecule has 31 heavy (non-hydrogen) atoms. The van der Waals surface area contributed by atoms with Gasteiger partial charge in [-0.05, 0) is 36.2 Å². The summed E-state index contributed by atoms with van der Waals surface area (Å²) in [5.41, 5.74) is 3.17. The molecule has 1 unspecified atom stereocenters. The fourth-order valence-electron chi connectivity index (χ4n) is 2.68. The number of thiazole rings is 1. The molecule has 0 saturated heterocycles. The topological polar surface area (TPSA) is 77.9 Å². The first kappa shape index (κ1) is 23.4. The number of carbonyl (C=O) groups excluding carboxylic acids is 1. The molecule has 0 saturated carbocycles. The van der Waals surface area contributed by atoms with Crippen molar-refractivity contribution in [3.63, 3.8) is 0 Å². The normalized spacial score (nSPS) is 12.1. The maximum absolute atomic E-state index is 12.2. The quantitative estimate of drug-likeness (QED) is 0.310. The Bertz CT molecular complexity index is 975. The molecule has 0 amide bonds. The number of carbonyl (C=O) groups is 1. The Morgan fingerprint density at radius 2 is 2.00 bits per heavy atom. The number of para-hydroxylation sites is 1. The van der Waals surface area contributed by atoms with Gasteiger partial charge in [-0.2, -0.15) is 11.8 Å². The van der Waals surface area contributed by atoms with E-state index in [-0.39, 0.29) is 12.5 Å². The van der Waals surface area contributed by atoms with Gasteiger partial charge in [-0.3, -0.25) is 0 Å². The Kier molecular flexibility index (Phi) is 8.99. The summed E-state index contributed by atoms with van der Waals surface area (Å²) in [6, 6.07) is 12.8. The number of aromatic nitrogens is 1. The SMILES string of the molecule is CC(C)COC(=O)c1ccccc1OCC(O)CSCCOc1ccc2ncsc2c1. The molecule has 2 aromatic carbocycles. The first-order valence-corrected chi connectivity index (χ1v) is 12.2. The lowest BCUT2D eigenvalue weighted by molar-refractivity contribution is 0.0450. The number of benzene rings is 2. The number of nitrogens with zero attached hydrogens (tertiary/aromatic N) is 1. The van der Waals surface area contributed by atoms with Gasteiger partial charge in [0, 0.05) is 11.5 Å². The van der Waals surface area contributed by atoms with Crippen molar-refractivity contribution in [1.29, 1.82) is 0 Å². The number of aliphatic hydroxyl groups is 1. The van der Waals surface area contributed by atoms with E-state index in [1.54, 1.807) is 47.4 Å². The van der Waals surface area contributed by atoms with Gasteiger partial charge in [-0.15, -0.1) is 11.3 Å². The summed E-state index contributed by atoms with van der Waals surface area (Å²) in [4.78, 5) is 16.5. The number of esters is 1. The lowest BCUT2D eigenvalue weighted by atomic mass is 10.2. The largest absolute Gasteiger partial charge is 0.493 e. The molecule has 8 heteroatoms. The second-order valence-corrected chi connectivity index (χ2v) is 9.39. The van der Waals surface area contributed by atoms with Crippen LogP contribution < -0.4 is 9.47 Å². The van der Waals surface area contributed by atoms with Gasteiger partial charge in [-0.1, -0.05) is 26.0 Å². The van der Waals surface area contributed by atoms with Crippen LogP contribution in [0.3, 0.4) is 0 Å². The third-order valence-electron chi connectivity index (χ3n) is 4.20. The minimum absolute atomic E-state index is 0.102. The number of rotatable bonds is 12. The van der Waals surface area contributed by atoms with Crippen molar-refractivity contribution in [2.24, 2.45) is 5.92 Å². The highest BCUT2D eigenvalue weighted by molar-refractivity contribution is 7.99. The third kappa shape index (κ3) is 7.41. The van der Waals surface area contributed by atoms with Crippen LogP contribution in [0.2, 0.25) is 0 Å². The molecule has 3 rings (SSSR count). The van der Waals surface area contributed by atoms with Crippen molar-refractivity contribution in [3.05, 3.63) is 53.5 Å². The molecule has 3 aromatic rings. The molecule has 1 atom stereocenters. The number of hydrogen-bond acceptors (Lipinski definition) is 8. The van der Waals surface area contributed by atoms with E-state index in [9.17, 15) is 9.90 Å². The summed E-state index contributed by atoms with van der Waals surface area (Å²) in [5.74, 6) is 2.34. The van der Waals surface area contributed by atoms with E-state index in [0.29, 0.717) is 30.3 Å². The minimum Gasteiger partial charge on any atom is -0.493 e. The number of ether oxygens (including phenoxy) is 3. The van der Waals surface area contributed by atoms with Crippen LogP contribution in [0.1, 0.15) is 24.2 Å². The van der Waals surface area contributed by atoms with Crippen molar-refractivity contribution in [2.45, 2.75) is 20.0 Å². The predicted molar refractivity (Wildman–Crippen MR) is 126 cm³/mol. The van der Waals surface area contributed by atoms with Gasteiger partial charge >= 0.3 is 5.97 Å². The molecule has 0 aliphatic rings. The van der Waals surface area contributed by atoms with Crippen LogP contribution in [-0.4, -0.2) is 53.5 Å². The highest BCUT2D eigenvalue weighted by atomic mass is 32.2. The Morgan fingerprint density at radius 3 is 2.84 bits per heavy atom. The van der Waals surface area contributed by atoms with Crippen LogP contribution in [0.5, 0.6) is 11.5 Å². The first-order chi connectivity index (χ1) is 15.0. The second-order valence-electron chi connectivity index (χ2n) is 7.36. The minimum atomic E-state index is -0.654. The molecule has 0 aliphatic carbocycles. The number of aliphatic hydroxyl groups excluding tert-OH is 1. The summed E-state index contributed by atoms with van der Waals surface area (Å²) in [7, 11) is 0. The molecule has 0 radical (unpaired) electrons. The highest BCUT2D eigenvalue weighted by Crippen LogP contribution is 2.23. The fraction of sp³-hybridized carbons (Fsp3) is 0.391. The van der Waals surface area contributed by atoms with E-state index < -0.39 is 12.1 Å². The van der Waals surface area contributed by atoms with E-state index in [1.165, 1.54) is 0 Å². The zero-order valence-electron chi connectivity index (χ0n) is 17.7. The lowest BCUT2D eigenvalue weighted by Gasteiger charge is -2.15. The Labute approximate surface area is 190 Å². The molecule has 1 heterocycles. The molecule has 1 aromatic heterocycles. The Balaban J connectivity index is 1.36. The van der Waals surface area contributed by atoms with E-state index >= 15 is 0 Å². The molecule has 6 nitrogen and oxygen atoms in total. The lowest BCUT2D eigenvalue weighted by Crippen LogP contribution is -2.22. The van der Waals surface area contributed by atoms with E-state index in [4.69, 9.17) is 14.2 Å². The van der Waals surface area contributed by atoms with Crippen LogP contribution >= 0.6 is 23.1 Å². The molecule has 0 spiro atoms. The maximum Gasteiger partial charge on any atom is 0.341 e. The van der Waals surface area contributed by atoms with Gasteiger partial charge in [-0.25, -0.2) is 9.78 Å². The number of hydrogen-bond donors (Lipinski definition) is 1. The Morgan fingerprint density at radius 1 is 1.16 bits per heavy atom. The second kappa shape index (κ2) is 11.9. The van der Waals surface area contributed by atoms with Crippen LogP contribution in [0, 0.1) is 5.92 Å². The average Bonchev–Trinajstić information content (AvgIpc) is 3.24. The van der Waals surface area contributed by atoms with Crippen LogP contribution in [-0.2, 0) is 4.74 Å². The van der Waals surface area contributed by atoms with Gasteiger partial charge in [0.05, 0.1) is 35.0 Å². The molecule has 0 aliphatic heterocycles. The van der Waals surface area contributed by atoms with Crippen LogP contribution in [0.15, 0.2) is 48.0 Å². The van der Waals surface area contributed by atoms with Gasteiger partial charge in [0.1, 0.15) is 23.7 Å². The number of thioether (sulfide) groups is 1. The predicted octanol–water partition coefficient (Wildman–Crippen LogP) is 4.66. The van der Waals surface area contributed by atoms with Crippen LogP contribution in [0.4, 0.5) is 0 Å². The van der Waals surface area contributed by atoms with Crippen molar-refractivity contribution in [2.75, 3.05) is 31.3 Å². The van der Waals surface area contributed by atoms with Gasteiger partial charge < -0.3 is 19.3 Å². The van der Waals surface area contributed by atoms with Crippen molar-refractivity contribution in [1.82, 2.24) is 4.98 Å². The van der Waals surface area contributed by atoms with Gasteiger partial charge in [0.25, 0.3) is 0 Å². The molecular weight excluding hydrogens is 434 g/mol. The highest BCUT2D eigenvalue weighted by Gasteiger charge is 2.15. The smallest absolute Gasteiger partial charge is 0.341 e. The van der Waals surface area contributed by atoms with Crippen molar-refractivity contribution < 1.29 is 24.1 Å². The molecule has 166 valence electrons. The van der Waals surface area contributed by atoms with Crippen molar-refractivity contribution in [3.8, 4) is 11.5 Å². The summed E-state index contributed by atoms with van der Waals surface area (Å²) in [6.07, 6.45) is -0.654. The fourth-order valence-corrected chi connectivity index (χ4v) is 4.12. The zero-order valence-corrected chi connectivity index (χ0v) is 19.3. The zero-order chi connectivity index (χ0) is 22.1. The third-order valence-corrected chi connectivity index (χ3v) is 6.06. The maximum atomic E-state index is 12.2. The summed E-state index contributed by atoms with van der Waals surface area (Å²) in [5, 5.41) is 10.2. The summed E-state index contributed by atoms with van der Waals surface area (Å²) in [6.45, 7) is 4.97. The Hall–Kier alpha value is -2.29. The van der Waals surface area contributed by atoms with E-state index in [1.807, 2.05) is 37.6 Å². The monoisotopic (exact) mass is 461 g/mol. The number of fused-ring (bicyclic) bond motifs is 1. The summed E-state index contributed by atoms with van der Waals surface area (Å²) < 4.78 is 17.8. The molecule has 0 fully saturated rings. The molecule has 1 N–H and O–H groups in total. The van der Waals surface area contributed by atoms with Crippen molar-refractivity contribution >= 4 is 39.3 Å². The molecular formula is C23H27NO5S2. The van der Waals surface area contributed by atoms with Gasteiger partial charge in [0.2, 0.25) is 0 Å². The van der Waals surface area contributed by atoms with E-state index in [0.717, 1.165) is 21.7 Å².